The highest BCUT2D eigenvalue weighted by atomic mass is 16.5. The van der Waals surface area contributed by atoms with E-state index < -0.39 is 0 Å². The van der Waals surface area contributed by atoms with Crippen molar-refractivity contribution in [3.05, 3.63) is 71.6 Å². The summed E-state index contributed by atoms with van der Waals surface area (Å²) in [6.45, 7) is 2.35. The van der Waals surface area contributed by atoms with Crippen LogP contribution in [0.4, 0.5) is 0 Å². The molecule has 0 saturated heterocycles. The van der Waals surface area contributed by atoms with E-state index in [0.717, 1.165) is 37.1 Å². The monoisotopic (exact) mass is 347 g/mol. The predicted molar refractivity (Wildman–Crippen MR) is 104 cm³/mol. The SMILES string of the molecule is C.C[C@]12CCC(c3ccc(O)cc3)=CC1=CC[C@@]21Cc2ncccc2O1. The molecule has 0 fully saturated rings. The van der Waals surface area contributed by atoms with Crippen molar-refractivity contribution in [2.75, 3.05) is 0 Å². The first-order chi connectivity index (χ1) is 12.1. The summed E-state index contributed by atoms with van der Waals surface area (Å²) in [6, 6.07) is 11.5. The fourth-order valence-electron chi connectivity index (χ4n) is 4.71. The molecule has 0 radical (unpaired) electrons. The van der Waals surface area contributed by atoms with Gasteiger partial charge in [0.05, 0.1) is 5.69 Å². The Hall–Kier alpha value is -2.55. The summed E-state index contributed by atoms with van der Waals surface area (Å²) < 4.78 is 6.51. The Morgan fingerprint density at radius 3 is 2.73 bits per heavy atom. The molecule has 1 aromatic carbocycles. The van der Waals surface area contributed by atoms with Crippen molar-refractivity contribution in [2.45, 2.75) is 45.6 Å². The lowest BCUT2D eigenvalue weighted by Gasteiger charge is -2.44. The Kier molecular flexibility index (Phi) is 3.72. The lowest BCUT2D eigenvalue weighted by atomic mass is 9.64. The summed E-state index contributed by atoms with van der Waals surface area (Å²) in [5, 5.41) is 9.52. The summed E-state index contributed by atoms with van der Waals surface area (Å²) in [4.78, 5) is 4.53. The molecule has 2 aliphatic carbocycles. The van der Waals surface area contributed by atoms with Crippen molar-refractivity contribution < 1.29 is 9.84 Å². The lowest BCUT2D eigenvalue weighted by Crippen LogP contribution is -2.48. The molecule has 5 rings (SSSR count). The molecule has 1 spiro atoms. The van der Waals surface area contributed by atoms with E-state index in [1.165, 1.54) is 16.7 Å². The van der Waals surface area contributed by atoms with E-state index in [9.17, 15) is 5.11 Å². The quantitative estimate of drug-likeness (QED) is 0.760. The van der Waals surface area contributed by atoms with Crippen LogP contribution in [0.2, 0.25) is 0 Å². The van der Waals surface area contributed by atoms with Crippen LogP contribution >= 0.6 is 0 Å². The number of phenolic OH excluding ortho intramolecular Hbond substituents is 1. The van der Waals surface area contributed by atoms with E-state index in [1.54, 1.807) is 12.1 Å². The number of hydrogen-bond donors (Lipinski definition) is 1. The first-order valence-electron chi connectivity index (χ1n) is 8.93. The van der Waals surface area contributed by atoms with Gasteiger partial charge in [-0.3, -0.25) is 4.98 Å². The number of nitrogens with zero attached hydrogens (tertiary/aromatic N) is 1. The highest BCUT2D eigenvalue weighted by Gasteiger charge is 2.58. The number of pyridine rings is 1. The molecule has 0 amide bonds. The van der Waals surface area contributed by atoms with Gasteiger partial charge in [-0.1, -0.05) is 38.6 Å². The maximum absolute atomic E-state index is 9.52. The maximum Gasteiger partial charge on any atom is 0.141 e. The van der Waals surface area contributed by atoms with Gasteiger partial charge in [0.1, 0.15) is 17.1 Å². The minimum absolute atomic E-state index is 0. The van der Waals surface area contributed by atoms with Crippen LogP contribution in [0.3, 0.4) is 0 Å². The van der Waals surface area contributed by atoms with Gasteiger partial charge in [0.2, 0.25) is 0 Å². The molecule has 3 aliphatic rings. The number of fused-ring (bicyclic) bond motifs is 3. The molecule has 3 nitrogen and oxygen atoms in total. The zero-order valence-corrected chi connectivity index (χ0v) is 14.3. The van der Waals surface area contributed by atoms with Gasteiger partial charge < -0.3 is 9.84 Å². The van der Waals surface area contributed by atoms with Crippen LogP contribution in [0, 0.1) is 5.41 Å². The average Bonchev–Trinajstić information content (AvgIpc) is 3.14. The molecule has 0 bridgehead atoms. The van der Waals surface area contributed by atoms with Crippen molar-refractivity contribution in [2.24, 2.45) is 5.41 Å². The van der Waals surface area contributed by atoms with Gasteiger partial charge in [-0.05, 0) is 53.8 Å². The minimum Gasteiger partial charge on any atom is -0.508 e. The van der Waals surface area contributed by atoms with Crippen LogP contribution in [0.1, 0.15) is 44.9 Å². The van der Waals surface area contributed by atoms with Crippen LogP contribution in [0.5, 0.6) is 11.5 Å². The summed E-state index contributed by atoms with van der Waals surface area (Å²) in [7, 11) is 0. The van der Waals surface area contributed by atoms with Crippen molar-refractivity contribution >= 4 is 5.57 Å². The number of benzene rings is 1. The Balaban J connectivity index is 0.00000168. The van der Waals surface area contributed by atoms with Gasteiger partial charge in [0.25, 0.3) is 0 Å². The molecular weight excluding hydrogens is 322 g/mol. The van der Waals surface area contributed by atoms with Crippen LogP contribution < -0.4 is 4.74 Å². The zero-order chi connectivity index (χ0) is 17.1. The largest absolute Gasteiger partial charge is 0.508 e. The van der Waals surface area contributed by atoms with Crippen molar-refractivity contribution in [1.82, 2.24) is 4.98 Å². The van der Waals surface area contributed by atoms with E-state index in [2.05, 4.69) is 24.1 Å². The van der Waals surface area contributed by atoms with Crippen LogP contribution in [-0.2, 0) is 6.42 Å². The van der Waals surface area contributed by atoms with E-state index >= 15 is 0 Å². The second kappa shape index (κ2) is 5.73. The number of aromatic hydroxyl groups is 1. The number of rotatable bonds is 1. The molecule has 1 N–H and O–H groups in total. The molecule has 1 aliphatic heterocycles. The minimum atomic E-state index is -0.185. The highest BCUT2D eigenvalue weighted by Crippen LogP contribution is 2.59. The lowest BCUT2D eigenvalue weighted by molar-refractivity contribution is -0.00193. The summed E-state index contributed by atoms with van der Waals surface area (Å²) >= 11 is 0. The summed E-state index contributed by atoms with van der Waals surface area (Å²) in [6.07, 6.45) is 10.5. The van der Waals surface area contributed by atoms with Gasteiger partial charge in [0.15, 0.2) is 0 Å². The first-order valence-corrected chi connectivity index (χ1v) is 8.93. The van der Waals surface area contributed by atoms with Crippen molar-refractivity contribution in [3.8, 4) is 11.5 Å². The second-order valence-corrected chi connectivity index (χ2v) is 7.63. The number of allylic oxidation sites excluding steroid dienone is 2. The molecule has 0 unspecified atom stereocenters. The number of ether oxygens (including phenoxy) is 1. The Morgan fingerprint density at radius 2 is 1.96 bits per heavy atom. The number of aromatic nitrogens is 1. The molecule has 0 saturated carbocycles. The molecular formula is C23H25NO2. The van der Waals surface area contributed by atoms with Gasteiger partial charge in [-0.15, -0.1) is 0 Å². The van der Waals surface area contributed by atoms with Crippen LogP contribution in [0.15, 0.2) is 60.3 Å². The Morgan fingerprint density at radius 1 is 1.15 bits per heavy atom. The number of phenols is 1. The smallest absolute Gasteiger partial charge is 0.141 e. The van der Waals surface area contributed by atoms with Crippen LogP contribution in [0.25, 0.3) is 5.57 Å². The van der Waals surface area contributed by atoms with Gasteiger partial charge in [0, 0.05) is 24.5 Å². The number of hydrogen-bond acceptors (Lipinski definition) is 3. The zero-order valence-electron chi connectivity index (χ0n) is 14.3. The third kappa shape index (κ3) is 2.23. The van der Waals surface area contributed by atoms with E-state index in [4.69, 9.17) is 4.74 Å². The highest BCUT2D eigenvalue weighted by molar-refractivity contribution is 5.71. The summed E-state index contributed by atoms with van der Waals surface area (Å²) in [5.74, 6) is 1.26. The second-order valence-electron chi connectivity index (χ2n) is 7.63. The fraction of sp³-hybridized carbons (Fsp3) is 0.348. The Labute approximate surface area is 155 Å². The molecule has 26 heavy (non-hydrogen) atoms. The topological polar surface area (TPSA) is 42.4 Å². The van der Waals surface area contributed by atoms with E-state index in [1.807, 2.05) is 30.5 Å². The maximum atomic E-state index is 9.52. The average molecular weight is 347 g/mol. The van der Waals surface area contributed by atoms with Crippen LogP contribution in [-0.4, -0.2) is 15.7 Å². The molecule has 2 atom stereocenters. The normalized spacial score (nSPS) is 28.5. The third-order valence-electron chi connectivity index (χ3n) is 6.36. The molecule has 2 aromatic rings. The van der Waals surface area contributed by atoms with Gasteiger partial charge in [-0.2, -0.15) is 0 Å². The molecule has 134 valence electrons. The van der Waals surface area contributed by atoms with E-state index in [0.29, 0.717) is 5.75 Å². The van der Waals surface area contributed by atoms with E-state index in [-0.39, 0.29) is 18.4 Å². The summed E-state index contributed by atoms with van der Waals surface area (Å²) in [5.41, 5.74) is 4.85. The fourth-order valence-corrected chi connectivity index (χ4v) is 4.71. The van der Waals surface area contributed by atoms with Gasteiger partial charge in [-0.25, -0.2) is 0 Å². The molecule has 3 heteroatoms. The third-order valence-corrected chi connectivity index (χ3v) is 6.36. The van der Waals surface area contributed by atoms with Crippen molar-refractivity contribution in [3.63, 3.8) is 0 Å². The molecule has 1 aromatic heterocycles. The van der Waals surface area contributed by atoms with Crippen molar-refractivity contribution in [1.29, 1.82) is 0 Å². The Bertz CT molecular complexity index is 885. The van der Waals surface area contributed by atoms with Gasteiger partial charge >= 0.3 is 0 Å². The standard InChI is InChI=1S/C22H21NO2.CH4/c1-21-10-8-16(15-4-6-18(24)7-5-15)13-17(21)9-11-22(21)14-19-20(25-22)3-2-12-23-19;/h2-7,9,12-13,24H,8,10-11,14H2,1H3;1H4/t21-,22+;/m0./s1. The first kappa shape index (κ1) is 16.9. The molecule has 2 heterocycles. The predicted octanol–water partition coefficient (Wildman–Crippen LogP) is 5.31.